The molecule has 0 aromatic carbocycles. The summed E-state index contributed by atoms with van der Waals surface area (Å²) in [5.41, 5.74) is 0. The van der Waals surface area contributed by atoms with Crippen LogP contribution >= 0.6 is 0 Å². The predicted octanol–water partition coefficient (Wildman–Crippen LogP) is 2.88. The summed E-state index contributed by atoms with van der Waals surface area (Å²) in [5.74, 6) is 0.194. The average Bonchev–Trinajstić information content (AvgIpc) is 2.79. The van der Waals surface area contributed by atoms with E-state index in [-0.39, 0.29) is 11.9 Å². The second kappa shape index (κ2) is 6.03. The molecule has 4 heteroatoms. The van der Waals surface area contributed by atoms with Gasteiger partial charge in [0.05, 0.1) is 6.04 Å². The quantitative estimate of drug-likeness (QED) is 0.724. The van der Waals surface area contributed by atoms with Crippen LogP contribution in [-0.2, 0) is 9.53 Å². The maximum absolute atomic E-state index is 12.0. The van der Waals surface area contributed by atoms with E-state index >= 15 is 0 Å². The number of hydrogen-bond acceptors (Lipinski definition) is 3. The third kappa shape index (κ3) is 2.74. The van der Waals surface area contributed by atoms with E-state index < -0.39 is 6.09 Å². The standard InChI is InChI=1S/C14H21NO3/c1-2-3-9-13(16)15-12(10-18-14(15)17)11-7-5-4-6-8-11/h3,9,11-12H,2,4-8,10H2,1H3/b9-3+/t12-/m0/s1. The molecular formula is C14H21NO3. The van der Waals surface area contributed by atoms with Crippen LogP contribution in [0.5, 0.6) is 0 Å². The highest BCUT2D eigenvalue weighted by Gasteiger charge is 2.41. The van der Waals surface area contributed by atoms with E-state index in [2.05, 4.69) is 0 Å². The van der Waals surface area contributed by atoms with E-state index in [4.69, 9.17) is 4.74 Å². The number of amides is 2. The van der Waals surface area contributed by atoms with E-state index in [9.17, 15) is 9.59 Å². The maximum Gasteiger partial charge on any atom is 0.417 e. The van der Waals surface area contributed by atoms with Gasteiger partial charge in [-0.15, -0.1) is 0 Å². The third-order valence-electron chi connectivity index (χ3n) is 3.83. The Morgan fingerprint density at radius 2 is 2.11 bits per heavy atom. The molecule has 0 radical (unpaired) electrons. The minimum absolute atomic E-state index is 0.0493. The minimum Gasteiger partial charge on any atom is -0.447 e. The molecule has 1 aliphatic carbocycles. The Morgan fingerprint density at radius 1 is 1.39 bits per heavy atom. The molecule has 0 N–H and O–H groups in total. The maximum atomic E-state index is 12.0. The first-order valence-electron chi connectivity index (χ1n) is 6.90. The second-order valence-electron chi connectivity index (χ2n) is 5.06. The van der Waals surface area contributed by atoms with E-state index in [1.165, 1.54) is 30.2 Å². The Morgan fingerprint density at radius 3 is 2.78 bits per heavy atom. The minimum atomic E-state index is -0.476. The lowest BCUT2D eigenvalue weighted by molar-refractivity contribution is -0.125. The summed E-state index contributed by atoms with van der Waals surface area (Å²) in [4.78, 5) is 25.0. The molecular weight excluding hydrogens is 230 g/mol. The lowest BCUT2D eigenvalue weighted by atomic mass is 9.84. The first kappa shape index (κ1) is 13.1. The summed E-state index contributed by atoms with van der Waals surface area (Å²) in [6.45, 7) is 2.33. The van der Waals surface area contributed by atoms with Gasteiger partial charge in [0.2, 0.25) is 0 Å². The Kier molecular flexibility index (Phi) is 4.39. The molecule has 1 atom stereocenters. The number of nitrogens with zero attached hydrogens (tertiary/aromatic N) is 1. The topological polar surface area (TPSA) is 46.6 Å². The predicted molar refractivity (Wildman–Crippen MR) is 68.0 cm³/mol. The average molecular weight is 251 g/mol. The van der Waals surface area contributed by atoms with Crippen LogP contribution in [-0.4, -0.2) is 29.5 Å². The summed E-state index contributed by atoms with van der Waals surface area (Å²) in [5, 5.41) is 0. The van der Waals surface area contributed by atoms with E-state index in [0.717, 1.165) is 19.3 Å². The highest BCUT2D eigenvalue weighted by Crippen LogP contribution is 2.32. The molecule has 2 amide bonds. The number of hydrogen-bond donors (Lipinski definition) is 0. The molecule has 0 unspecified atom stereocenters. The molecule has 1 saturated heterocycles. The van der Waals surface area contributed by atoms with Crippen molar-refractivity contribution in [3.05, 3.63) is 12.2 Å². The number of cyclic esters (lactones) is 1. The molecule has 100 valence electrons. The zero-order chi connectivity index (χ0) is 13.0. The molecule has 1 heterocycles. The lowest BCUT2D eigenvalue weighted by Crippen LogP contribution is -2.43. The van der Waals surface area contributed by atoms with Gasteiger partial charge in [0.25, 0.3) is 5.91 Å². The highest BCUT2D eigenvalue weighted by atomic mass is 16.6. The third-order valence-corrected chi connectivity index (χ3v) is 3.83. The number of ether oxygens (including phenoxy) is 1. The van der Waals surface area contributed by atoms with Crippen LogP contribution in [0, 0.1) is 5.92 Å². The zero-order valence-electron chi connectivity index (χ0n) is 10.9. The summed E-state index contributed by atoms with van der Waals surface area (Å²) >= 11 is 0. The molecule has 2 fully saturated rings. The summed E-state index contributed by atoms with van der Waals surface area (Å²) < 4.78 is 5.06. The van der Waals surface area contributed by atoms with Crippen LogP contribution in [0.3, 0.4) is 0 Å². The molecule has 2 rings (SSSR count). The molecule has 0 spiro atoms. The van der Waals surface area contributed by atoms with Gasteiger partial charge in [-0.05, 0) is 31.3 Å². The lowest BCUT2D eigenvalue weighted by Gasteiger charge is -2.29. The van der Waals surface area contributed by atoms with Gasteiger partial charge in [-0.1, -0.05) is 32.3 Å². The summed E-state index contributed by atoms with van der Waals surface area (Å²) in [7, 11) is 0. The van der Waals surface area contributed by atoms with Crippen molar-refractivity contribution in [2.24, 2.45) is 5.92 Å². The Labute approximate surface area is 108 Å². The number of allylic oxidation sites excluding steroid dienone is 1. The van der Waals surface area contributed by atoms with Crippen molar-refractivity contribution in [1.29, 1.82) is 0 Å². The van der Waals surface area contributed by atoms with Crippen molar-refractivity contribution in [1.82, 2.24) is 4.90 Å². The SMILES string of the molecule is CC/C=C/C(=O)N1C(=O)OC[C@H]1C1CCCCC1. The van der Waals surface area contributed by atoms with Crippen LogP contribution in [0.25, 0.3) is 0 Å². The molecule has 0 aromatic rings. The van der Waals surface area contributed by atoms with Crippen molar-refractivity contribution in [3.8, 4) is 0 Å². The van der Waals surface area contributed by atoms with Crippen molar-refractivity contribution in [2.45, 2.75) is 51.5 Å². The van der Waals surface area contributed by atoms with E-state index in [1.807, 2.05) is 6.92 Å². The Bertz CT molecular complexity index is 345. The first-order valence-corrected chi connectivity index (χ1v) is 6.90. The van der Waals surface area contributed by atoms with Gasteiger partial charge in [0.1, 0.15) is 6.61 Å². The highest BCUT2D eigenvalue weighted by molar-refractivity contribution is 5.99. The van der Waals surface area contributed by atoms with Crippen LogP contribution < -0.4 is 0 Å². The van der Waals surface area contributed by atoms with E-state index in [0.29, 0.717) is 12.5 Å². The first-order chi connectivity index (χ1) is 8.74. The second-order valence-corrected chi connectivity index (χ2v) is 5.06. The fraction of sp³-hybridized carbons (Fsp3) is 0.714. The molecule has 1 aliphatic heterocycles. The van der Waals surface area contributed by atoms with Gasteiger partial charge in [0, 0.05) is 0 Å². The Hall–Kier alpha value is -1.32. The molecule has 2 aliphatic rings. The Balaban J connectivity index is 2.06. The van der Waals surface area contributed by atoms with Crippen molar-refractivity contribution < 1.29 is 14.3 Å². The van der Waals surface area contributed by atoms with Gasteiger partial charge < -0.3 is 4.74 Å². The van der Waals surface area contributed by atoms with Gasteiger partial charge >= 0.3 is 6.09 Å². The summed E-state index contributed by atoms with van der Waals surface area (Å²) in [6.07, 6.45) is 9.45. The number of carbonyl (C=O) groups is 2. The molecule has 0 bridgehead atoms. The smallest absolute Gasteiger partial charge is 0.417 e. The number of carbonyl (C=O) groups excluding carboxylic acids is 2. The van der Waals surface area contributed by atoms with Crippen molar-refractivity contribution in [3.63, 3.8) is 0 Å². The monoisotopic (exact) mass is 251 g/mol. The fourth-order valence-electron chi connectivity index (χ4n) is 2.85. The summed E-state index contributed by atoms with van der Waals surface area (Å²) in [6, 6.07) is -0.0493. The molecule has 1 saturated carbocycles. The molecule has 0 aromatic heterocycles. The van der Waals surface area contributed by atoms with Crippen LogP contribution in [0.15, 0.2) is 12.2 Å². The van der Waals surface area contributed by atoms with Crippen LogP contribution in [0.2, 0.25) is 0 Å². The van der Waals surface area contributed by atoms with Crippen molar-refractivity contribution in [2.75, 3.05) is 6.61 Å². The zero-order valence-corrected chi connectivity index (χ0v) is 10.9. The normalized spacial score (nSPS) is 25.7. The van der Waals surface area contributed by atoms with E-state index in [1.54, 1.807) is 6.08 Å². The molecule has 18 heavy (non-hydrogen) atoms. The number of imide groups is 1. The molecule has 4 nitrogen and oxygen atoms in total. The van der Waals surface area contributed by atoms with Crippen molar-refractivity contribution >= 4 is 12.0 Å². The number of rotatable bonds is 3. The van der Waals surface area contributed by atoms with Gasteiger partial charge in [-0.2, -0.15) is 0 Å². The van der Waals surface area contributed by atoms with Crippen LogP contribution in [0.1, 0.15) is 45.4 Å². The fourth-order valence-corrected chi connectivity index (χ4v) is 2.85. The largest absolute Gasteiger partial charge is 0.447 e. The van der Waals surface area contributed by atoms with Crippen LogP contribution in [0.4, 0.5) is 4.79 Å². The van der Waals surface area contributed by atoms with Gasteiger partial charge in [-0.25, -0.2) is 9.69 Å². The van der Waals surface area contributed by atoms with Gasteiger partial charge in [0.15, 0.2) is 0 Å². The van der Waals surface area contributed by atoms with Gasteiger partial charge in [-0.3, -0.25) is 4.79 Å².